The van der Waals surface area contributed by atoms with Crippen LogP contribution >= 0.6 is 0 Å². The number of piperidine rings is 3. The van der Waals surface area contributed by atoms with Gasteiger partial charge in [0.25, 0.3) is 0 Å². The molecule has 4 heterocycles. The molecule has 0 aliphatic carbocycles. The van der Waals surface area contributed by atoms with Gasteiger partial charge in [-0.15, -0.1) is 0 Å². The van der Waals surface area contributed by atoms with Gasteiger partial charge in [0.1, 0.15) is 0 Å². The van der Waals surface area contributed by atoms with E-state index >= 15 is 0 Å². The number of rotatable bonds is 4. The normalized spacial score (nSPS) is 31.9. The molecule has 4 nitrogen and oxygen atoms in total. The molecule has 2 bridgehead atoms. The van der Waals surface area contributed by atoms with E-state index in [4.69, 9.17) is 0 Å². The molecular weight excluding hydrogens is 212 g/mol. The first-order chi connectivity index (χ1) is 8.36. The van der Waals surface area contributed by atoms with Gasteiger partial charge >= 0.3 is 0 Å². The first kappa shape index (κ1) is 11.2. The van der Waals surface area contributed by atoms with Crippen molar-refractivity contribution in [3.05, 3.63) is 18.2 Å². The summed E-state index contributed by atoms with van der Waals surface area (Å²) in [6.45, 7) is 8.01. The maximum atomic E-state index is 4.22. The van der Waals surface area contributed by atoms with Crippen LogP contribution < -0.4 is 5.32 Å². The number of hydrogen-bond donors (Lipinski definition) is 1. The maximum Gasteiger partial charge on any atom is 0.0948 e. The van der Waals surface area contributed by atoms with Crippen LogP contribution in [0.4, 0.5) is 0 Å². The Morgan fingerprint density at radius 2 is 2.24 bits per heavy atom. The summed E-state index contributed by atoms with van der Waals surface area (Å²) >= 11 is 0. The molecule has 4 rings (SSSR count). The van der Waals surface area contributed by atoms with E-state index in [9.17, 15) is 0 Å². The first-order valence-corrected chi connectivity index (χ1v) is 6.81. The highest BCUT2D eigenvalue weighted by molar-refractivity contribution is 4.99. The van der Waals surface area contributed by atoms with Crippen molar-refractivity contribution >= 4 is 0 Å². The van der Waals surface area contributed by atoms with E-state index in [0.29, 0.717) is 6.04 Å². The summed E-state index contributed by atoms with van der Waals surface area (Å²) in [7, 11) is 0. The van der Waals surface area contributed by atoms with E-state index in [0.717, 1.165) is 19.0 Å². The molecule has 3 saturated heterocycles. The Morgan fingerprint density at radius 3 is 2.88 bits per heavy atom. The quantitative estimate of drug-likeness (QED) is 0.846. The van der Waals surface area contributed by atoms with Crippen LogP contribution in [0.3, 0.4) is 0 Å². The van der Waals surface area contributed by atoms with Gasteiger partial charge in [0.15, 0.2) is 0 Å². The van der Waals surface area contributed by atoms with Crippen LogP contribution in [-0.4, -0.2) is 40.1 Å². The highest BCUT2D eigenvalue weighted by Gasteiger charge is 2.33. The second-order valence-electron chi connectivity index (χ2n) is 5.30. The Balaban J connectivity index is 1.57. The molecule has 1 aromatic heterocycles. The smallest absolute Gasteiger partial charge is 0.0948 e. The lowest BCUT2D eigenvalue weighted by atomic mass is 9.84. The minimum atomic E-state index is 0.692. The second-order valence-corrected chi connectivity index (χ2v) is 5.30. The van der Waals surface area contributed by atoms with Crippen LogP contribution in [0.25, 0.3) is 0 Å². The van der Waals surface area contributed by atoms with E-state index in [1.807, 2.05) is 12.5 Å². The zero-order valence-electron chi connectivity index (χ0n) is 10.6. The SMILES string of the molecule is CCn1cncc1CNC1CN2CCC1CC2. The molecule has 94 valence electrons. The third-order valence-corrected chi connectivity index (χ3v) is 4.34. The molecule has 3 fully saturated rings. The summed E-state index contributed by atoms with van der Waals surface area (Å²) in [6.07, 6.45) is 6.67. The standard InChI is InChI=1S/C13H22N4/c1-2-17-10-14-7-12(17)8-15-13-9-16-5-3-11(13)4-6-16/h7,10-11,13,15H,2-6,8-9H2,1H3. The predicted molar refractivity (Wildman–Crippen MR) is 67.7 cm³/mol. The van der Waals surface area contributed by atoms with E-state index < -0.39 is 0 Å². The lowest BCUT2D eigenvalue weighted by Crippen LogP contribution is -2.55. The fourth-order valence-electron chi connectivity index (χ4n) is 3.21. The fourth-order valence-corrected chi connectivity index (χ4v) is 3.21. The van der Waals surface area contributed by atoms with Crippen molar-refractivity contribution < 1.29 is 0 Å². The first-order valence-electron chi connectivity index (χ1n) is 6.81. The van der Waals surface area contributed by atoms with Gasteiger partial charge in [-0.3, -0.25) is 0 Å². The Bertz CT molecular complexity index is 365. The van der Waals surface area contributed by atoms with Gasteiger partial charge in [0.2, 0.25) is 0 Å². The summed E-state index contributed by atoms with van der Waals surface area (Å²) in [6, 6.07) is 0.692. The van der Waals surface area contributed by atoms with Crippen molar-refractivity contribution in [2.45, 2.75) is 38.9 Å². The second kappa shape index (κ2) is 4.78. The minimum Gasteiger partial charge on any atom is -0.334 e. The van der Waals surface area contributed by atoms with Crippen molar-refractivity contribution in [3.8, 4) is 0 Å². The highest BCUT2D eigenvalue weighted by atomic mass is 15.2. The third kappa shape index (κ3) is 2.24. The fraction of sp³-hybridized carbons (Fsp3) is 0.769. The minimum absolute atomic E-state index is 0.692. The molecular formula is C13H22N4. The van der Waals surface area contributed by atoms with Crippen LogP contribution in [0.15, 0.2) is 12.5 Å². The summed E-state index contributed by atoms with van der Waals surface area (Å²) in [5.41, 5.74) is 1.31. The average molecular weight is 234 g/mol. The van der Waals surface area contributed by atoms with Gasteiger partial charge in [0.05, 0.1) is 12.0 Å². The van der Waals surface area contributed by atoms with Crippen LogP contribution in [0.1, 0.15) is 25.5 Å². The Labute approximate surface area is 103 Å². The number of hydrogen-bond acceptors (Lipinski definition) is 3. The van der Waals surface area contributed by atoms with E-state index in [1.165, 1.54) is 38.2 Å². The Kier molecular flexibility index (Phi) is 3.16. The summed E-state index contributed by atoms with van der Waals surface area (Å²) in [4.78, 5) is 6.81. The molecule has 0 aromatic carbocycles. The van der Waals surface area contributed by atoms with E-state index in [1.54, 1.807) is 0 Å². The molecule has 17 heavy (non-hydrogen) atoms. The van der Waals surface area contributed by atoms with Gasteiger partial charge in [-0.25, -0.2) is 4.98 Å². The molecule has 1 aromatic rings. The lowest BCUT2D eigenvalue weighted by molar-refractivity contribution is 0.0717. The van der Waals surface area contributed by atoms with Gasteiger partial charge in [-0.2, -0.15) is 0 Å². The van der Waals surface area contributed by atoms with Crippen molar-refractivity contribution in [2.24, 2.45) is 5.92 Å². The molecule has 0 amide bonds. The number of imidazole rings is 1. The number of nitrogens with zero attached hydrogens (tertiary/aromatic N) is 3. The van der Waals surface area contributed by atoms with Crippen molar-refractivity contribution in [2.75, 3.05) is 19.6 Å². The largest absolute Gasteiger partial charge is 0.334 e. The average Bonchev–Trinajstić information content (AvgIpc) is 2.85. The van der Waals surface area contributed by atoms with Gasteiger partial charge in [-0.05, 0) is 38.8 Å². The lowest BCUT2D eigenvalue weighted by Gasteiger charge is -2.45. The number of nitrogens with one attached hydrogen (secondary N) is 1. The Hall–Kier alpha value is -0.870. The summed E-state index contributed by atoms with van der Waals surface area (Å²) in [5.74, 6) is 0.901. The highest BCUT2D eigenvalue weighted by Crippen LogP contribution is 2.27. The molecule has 1 N–H and O–H groups in total. The third-order valence-electron chi connectivity index (χ3n) is 4.34. The van der Waals surface area contributed by atoms with Crippen molar-refractivity contribution in [1.29, 1.82) is 0 Å². The number of aryl methyl sites for hydroxylation is 1. The molecule has 0 saturated carbocycles. The van der Waals surface area contributed by atoms with Crippen LogP contribution in [-0.2, 0) is 13.1 Å². The van der Waals surface area contributed by atoms with Crippen LogP contribution in [0.2, 0.25) is 0 Å². The predicted octanol–water partition coefficient (Wildman–Crippen LogP) is 1.09. The number of fused-ring (bicyclic) bond motifs is 3. The van der Waals surface area contributed by atoms with E-state index in [-0.39, 0.29) is 0 Å². The van der Waals surface area contributed by atoms with Crippen molar-refractivity contribution in [3.63, 3.8) is 0 Å². The maximum absolute atomic E-state index is 4.22. The van der Waals surface area contributed by atoms with Crippen molar-refractivity contribution in [1.82, 2.24) is 19.8 Å². The van der Waals surface area contributed by atoms with Gasteiger partial charge in [0, 0.05) is 31.9 Å². The molecule has 1 atom stereocenters. The molecule has 0 radical (unpaired) electrons. The topological polar surface area (TPSA) is 33.1 Å². The molecule has 1 unspecified atom stereocenters. The van der Waals surface area contributed by atoms with E-state index in [2.05, 4.69) is 26.7 Å². The summed E-state index contributed by atoms with van der Waals surface area (Å²) < 4.78 is 2.22. The molecule has 4 heteroatoms. The number of aromatic nitrogens is 2. The molecule has 3 aliphatic heterocycles. The van der Waals surface area contributed by atoms with Crippen LogP contribution in [0.5, 0.6) is 0 Å². The Morgan fingerprint density at radius 1 is 1.41 bits per heavy atom. The molecule has 0 spiro atoms. The van der Waals surface area contributed by atoms with Gasteiger partial charge in [-0.1, -0.05) is 0 Å². The summed E-state index contributed by atoms with van der Waals surface area (Å²) in [5, 5.41) is 3.73. The zero-order chi connectivity index (χ0) is 11.7. The zero-order valence-corrected chi connectivity index (χ0v) is 10.6. The molecule has 3 aliphatic rings. The van der Waals surface area contributed by atoms with Crippen LogP contribution in [0, 0.1) is 5.92 Å². The van der Waals surface area contributed by atoms with Gasteiger partial charge < -0.3 is 14.8 Å². The monoisotopic (exact) mass is 234 g/mol.